The summed E-state index contributed by atoms with van der Waals surface area (Å²) >= 11 is 0. The third-order valence-electron chi connectivity index (χ3n) is 4.30. The molecule has 0 aliphatic heterocycles. The van der Waals surface area contributed by atoms with Crippen LogP contribution in [0, 0.1) is 10.1 Å². The lowest BCUT2D eigenvalue weighted by Crippen LogP contribution is -2.39. The third-order valence-corrected chi connectivity index (χ3v) is 8.48. The second-order valence-corrected chi connectivity index (χ2v) is 12.0. The lowest BCUT2D eigenvalue weighted by atomic mass is 10.1. The highest BCUT2D eigenvalue weighted by Crippen LogP contribution is 2.36. The second kappa shape index (κ2) is 9.08. The van der Waals surface area contributed by atoms with Gasteiger partial charge in [-0.05, 0) is 37.9 Å². The van der Waals surface area contributed by atoms with Crippen LogP contribution in [0.1, 0.15) is 66.7 Å². The van der Waals surface area contributed by atoms with Crippen molar-refractivity contribution in [3.05, 3.63) is 21.4 Å². The Bertz CT molecular complexity index is 424. The van der Waals surface area contributed by atoms with Crippen molar-refractivity contribution in [1.82, 2.24) is 0 Å². The van der Waals surface area contributed by atoms with Crippen molar-refractivity contribution in [2.75, 3.05) is 0 Å². The van der Waals surface area contributed by atoms with Gasteiger partial charge in [0.25, 0.3) is 14.0 Å². The first-order valence-corrected chi connectivity index (χ1v) is 11.0. The highest BCUT2D eigenvalue weighted by atomic mass is 28.4. The van der Waals surface area contributed by atoms with Gasteiger partial charge in [0.15, 0.2) is 0 Å². The lowest BCUT2D eigenvalue weighted by molar-refractivity contribution is -0.415. The Kier molecular flexibility index (Phi) is 8.59. The smallest absolute Gasteiger partial charge is 0.289 e. The van der Waals surface area contributed by atoms with E-state index >= 15 is 0 Å². The largest absolute Gasteiger partial charge is 0.455 e. The molecule has 5 nitrogen and oxygen atoms in total. The summed E-state index contributed by atoms with van der Waals surface area (Å²) in [6, 6.07) is 0. The summed E-state index contributed by atoms with van der Waals surface area (Å²) in [5.41, 5.74) is 0.832. The van der Waals surface area contributed by atoms with Crippen LogP contribution in [0.3, 0.4) is 0 Å². The molecule has 0 heterocycles. The number of rotatable bonds is 9. The van der Waals surface area contributed by atoms with Crippen LogP contribution in [-0.4, -0.2) is 19.5 Å². The Labute approximate surface area is 136 Å². The fourth-order valence-electron chi connectivity index (χ4n) is 1.60. The van der Waals surface area contributed by atoms with Crippen molar-refractivity contribution in [2.45, 2.75) is 84.9 Å². The second-order valence-electron chi connectivity index (χ2n) is 7.32. The van der Waals surface area contributed by atoms with Gasteiger partial charge in [-0.25, -0.2) is 0 Å². The van der Waals surface area contributed by atoms with Crippen LogP contribution in [0.2, 0.25) is 18.1 Å². The predicted octanol–water partition coefficient (Wildman–Crippen LogP) is 5.52. The van der Waals surface area contributed by atoms with Crippen LogP contribution in [0.15, 0.2) is 16.4 Å². The van der Waals surface area contributed by atoms with E-state index < -0.39 is 8.32 Å². The molecule has 0 bridgehead atoms. The number of unbranched alkanes of at least 4 members (excludes halogenated alkanes) is 3. The van der Waals surface area contributed by atoms with Crippen LogP contribution in [0.5, 0.6) is 0 Å². The third kappa shape index (κ3) is 7.20. The summed E-state index contributed by atoms with van der Waals surface area (Å²) in [4.78, 5) is 10.8. The van der Waals surface area contributed by atoms with Crippen LogP contribution in [0.25, 0.3) is 0 Å². The molecule has 0 rings (SSSR count). The van der Waals surface area contributed by atoms with Crippen LogP contribution >= 0.6 is 0 Å². The molecule has 0 aliphatic carbocycles. The number of hydrogen-bond donors (Lipinski definition) is 0. The quantitative estimate of drug-likeness (QED) is 0.184. The Morgan fingerprint density at radius 1 is 1.27 bits per heavy atom. The van der Waals surface area contributed by atoms with Gasteiger partial charge in [0, 0.05) is 5.57 Å². The molecule has 128 valence electrons. The van der Waals surface area contributed by atoms with Gasteiger partial charge in [-0.1, -0.05) is 47.0 Å². The molecule has 0 radical (unpaired) electrons. The standard InChI is InChI=1S/C16H32N2O3Si/c1-8-9-10-11-12-14(2)15(18(19)20)13-17-21-22(6,7)16(3,4)5/h13H,8-12H2,1-7H3/b15-14-,17-13+. The van der Waals surface area contributed by atoms with Gasteiger partial charge in [0.05, 0.1) is 4.92 Å². The van der Waals surface area contributed by atoms with E-state index in [1.165, 1.54) is 12.6 Å². The summed E-state index contributed by atoms with van der Waals surface area (Å²) in [5, 5.41) is 15.2. The van der Waals surface area contributed by atoms with Crippen molar-refractivity contribution in [1.29, 1.82) is 0 Å². The topological polar surface area (TPSA) is 64.7 Å². The molecule has 0 saturated carbocycles. The van der Waals surface area contributed by atoms with Gasteiger partial charge in [-0.2, -0.15) is 0 Å². The Hall–Kier alpha value is -1.17. The predicted molar refractivity (Wildman–Crippen MR) is 95.2 cm³/mol. The maximum absolute atomic E-state index is 11.2. The van der Waals surface area contributed by atoms with Gasteiger partial charge in [0.1, 0.15) is 6.21 Å². The number of oxime groups is 1. The summed E-state index contributed by atoms with van der Waals surface area (Å²) in [7, 11) is -2.02. The first kappa shape index (κ1) is 20.8. The van der Waals surface area contributed by atoms with Gasteiger partial charge < -0.3 is 4.53 Å². The number of nitrogens with zero attached hydrogens (tertiary/aromatic N) is 2. The number of allylic oxidation sites excluding steroid dienone is 2. The summed E-state index contributed by atoms with van der Waals surface area (Å²) in [6.07, 6.45) is 6.43. The molecule has 0 atom stereocenters. The number of hydrogen-bond acceptors (Lipinski definition) is 4. The highest BCUT2D eigenvalue weighted by molar-refractivity contribution is 6.74. The molecule has 0 spiro atoms. The molecule has 6 heteroatoms. The molecule has 0 aromatic carbocycles. The molecule has 0 amide bonds. The molecule has 0 aromatic rings. The maximum atomic E-state index is 11.2. The van der Waals surface area contributed by atoms with Gasteiger partial charge in [0.2, 0.25) is 0 Å². The van der Waals surface area contributed by atoms with Gasteiger partial charge >= 0.3 is 0 Å². The monoisotopic (exact) mass is 328 g/mol. The molecule has 22 heavy (non-hydrogen) atoms. The van der Waals surface area contributed by atoms with Crippen molar-refractivity contribution >= 4 is 14.5 Å². The summed E-state index contributed by atoms with van der Waals surface area (Å²) in [6.45, 7) is 14.4. The molecular weight excluding hydrogens is 296 g/mol. The van der Waals surface area contributed by atoms with Crippen molar-refractivity contribution in [3.63, 3.8) is 0 Å². The normalized spacial score (nSPS) is 14.1. The van der Waals surface area contributed by atoms with Crippen LogP contribution in [0.4, 0.5) is 0 Å². The zero-order valence-corrected chi connectivity index (χ0v) is 16.2. The average molecular weight is 329 g/mol. The Morgan fingerprint density at radius 3 is 2.32 bits per heavy atom. The summed E-state index contributed by atoms with van der Waals surface area (Å²) < 4.78 is 5.64. The van der Waals surface area contributed by atoms with E-state index in [0.29, 0.717) is 0 Å². The number of nitro groups is 1. The zero-order valence-electron chi connectivity index (χ0n) is 15.2. The van der Waals surface area contributed by atoms with Gasteiger partial charge in [-0.15, -0.1) is 5.16 Å². The molecule has 0 N–H and O–H groups in total. The zero-order chi connectivity index (χ0) is 17.4. The summed E-state index contributed by atoms with van der Waals surface area (Å²) in [5.74, 6) is 0. The van der Waals surface area contributed by atoms with Crippen molar-refractivity contribution in [2.24, 2.45) is 5.16 Å². The minimum absolute atomic E-state index is 0.0258. The SMILES string of the molecule is CCCCCC/C(C)=C(/C=N/O[Si](C)(C)C(C)(C)C)[N+](=O)[O-]. The first-order valence-electron chi connectivity index (χ1n) is 8.08. The Morgan fingerprint density at radius 2 is 1.86 bits per heavy atom. The van der Waals surface area contributed by atoms with E-state index in [2.05, 4.69) is 45.9 Å². The average Bonchev–Trinajstić information content (AvgIpc) is 2.37. The maximum Gasteiger partial charge on any atom is 0.289 e. The van der Waals surface area contributed by atoms with E-state index in [1.54, 1.807) is 0 Å². The van der Waals surface area contributed by atoms with Crippen molar-refractivity contribution < 1.29 is 9.45 Å². The molecule has 0 unspecified atom stereocenters. The minimum atomic E-state index is -2.02. The highest BCUT2D eigenvalue weighted by Gasteiger charge is 2.39. The fourth-order valence-corrected chi connectivity index (χ4v) is 2.19. The van der Waals surface area contributed by atoms with Crippen LogP contribution in [-0.2, 0) is 4.53 Å². The fraction of sp³-hybridized carbons (Fsp3) is 0.812. The Balaban J connectivity index is 4.84. The van der Waals surface area contributed by atoms with E-state index in [9.17, 15) is 10.1 Å². The van der Waals surface area contributed by atoms with E-state index in [1.807, 2.05) is 6.92 Å². The van der Waals surface area contributed by atoms with E-state index in [4.69, 9.17) is 4.53 Å². The lowest BCUT2D eigenvalue weighted by Gasteiger charge is -2.32. The molecule has 0 aliphatic rings. The molecular formula is C16H32N2O3Si. The van der Waals surface area contributed by atoms with E-state index in [-0.39, 0.29) is 15.7 Å². The van der Waals surface area contributed by atoms with Gasteiger partial charge in [-0.3, -0.25) is 10.1 Å². The van der Waals surface area contributed by atoms with Crippen molar-refractivity contribution in [3.8, 4) is 0 Å². The molecule has 0 fully saturated rings. The first-order chi connectivity index (χ1) is 10.0. The van der Waals surface area contributed by atoms with E-state index in [0.717, 1.165) is 31.3 Å². The van der Waals surface area contributed by atoms with Crippen LogP contribution < -0.4 is 0 Å². The molecule has 0 aromatic heterocycles. The minimum Gasteiger partial charge on any atom is -0.455 e. The molecule has 0 saturated heterocycles.